The summed E-state index contributed by atoms with van der Waals surface area (Å²) in [5.41, 5.74) is 2.06. The molecular weight excluding hydrogens is 218 g/mol. The van der Waals surface area contributed by atoms with E-state index in [0.29, 0.717) is 32.5 Å². The third-order valence-electron chi connectivity index (χ3n) is 3.16. The molecule has 2 heterocycles. The van der Waals surface area contributed by atoms with E-state index in [1.807, 2.05) is 24.6 Å². The van der Waals surface area contributed by atoms with Crippen LogP contribution in [0.1, 0.15) is 24.2 Å². The Morgan fingerprint density at radius 2 is 2.35 bits per heavy atom. The number of carbonyl (C=O) groups excluding carboxylic acids is 1. The quantitative estimate of drug-likeness (QED) is 0.832. The van der Waals surface area contributed by atoms with Crippen molar-refractivity contribution in [3.05, 3.63) is 17.5 Å². The van der Waals surface area contributed by atoms with Gasteiger partial charge in [-0.3, -0.25) is 9.48 Å². The highest BCUT2D eigenvalue weighted by molar-refractivity contribution is 5.76. The van der Waals surface area contributed by atoms with Gasteiger partial charge >= 0.3 is 0 Å². The molecule has 1 saturated heterocycles. The van der Waals surface area contributed by atoms with E-state index in [4.69, 9.17) is 0 Å². The largest absolute Gasteiger partial charge is 0.391 e. The molecule has 1 aromatic heterocycles. The van der Waals surface area contributed by atoms with Crippen LogP contribution in [0.25, 0.3) is 0 Å². The van der Waals surface area contributed by atoms with Gasteiger partial charge in [0.05, 0.1) is 11.8 Å². The summed E-state index contributed by atoms with van der Waals surface area (Å²) in [4.78, 5) is 13.6. The van der Waals surface area contributed by atoms with Crippen molar-refractivity contribution in [3.63, 3.8) is 0 Å². The molecule has 5 heteroatoms. The average Bonchev–Trinajstić information content (AvgIpc) is 2.82. The van der Waals surface area contributed by atoms with E-state index in [0.717, 1.165) is 11.4 Å². The smallest absolute Gasteiger partial charge is 0.224 e. The topological polar surface area (TPSA) is 58.4 Å². The van der Waals surface area contributed by atoms with Gasteiger partial charge in [-0.1, -0.05) is 0 Å². The van der Waals surface area contributed by atoms with E-state index in [1.54, 1.807) is 4.90 Å². The molecule has 94 valence electrons. The molecule has 5 nitrogen and oxygen atoms in total. The molecule has 0 bridgehead atoms. The van der Waals surface area contributed by atoms with Crippen LogP contribution in [0.2, 0.25) is 0 Å². The SMILES string of the molecule is Cc1cc(C)n(CCC(=O)N2CC[C@H](O)C2)n1. The first-order valence-corrected chi connectivity index (χ1v) is 6.03. The van der Waals surface area contributed by atoms with E-state index >= 15 is 0 Å². The normalized spacial score (nSPS) is 19.9. The van der Waals surface area contributed by atoms with Crippen LogP contribution in [-0.4, -0.2) is 44.9 Å². The summed E-state index contributed by atoms with van der Waals surface area (Å²) < 4.78 is 1.86. The molecule has 1 atom stereocenters. The molecule has 0 unspecified atom stereocenters. The van der Waals surface area contributed by atoms with Crippen LogP contribution >= 0.6 is 0 Å². The second-order valence-electron chi connectivity index (χ2n) is 4.68. The second kappa shape index (κ2) is 4.87. The van der Waals surface area contributed by atoms with Crippen molar-refractivity contribution in [2.24, 2.45) is 0 Å². The highest BCUT2D eigenvalue weighted by atomic mass is 16.3. The molecule has 1 N–H and O–H groups in total. The Morgan fingerprint density at radius 3 is 2.88 bits per heavy atom. The fourth-order valence-electron chi connectivity index (χ4n) is 2.23. The number of β-amino-alcohol motifs (C(OH)–C–C–N with tert-alkyl or cyclic N) is 1. The minimum atomic E-state index is -0.340. The summed E-state index contributed by atoms with van der Waals surface area (Å²) in [5, 5.41) is 13.7. The maximum Gasteiger partial charge on any atom is 0.224 e. The number of aryl methyl sites for hydroxylation is 3. The number of likely N-dealkylation sites (tertiary alicyclic amines) is 1. The van der Waals surface area contributed by atoms with Crippen LogP contribution in [0.15, 0.2) is 6.07 Å². The highest BCUT2D eigenvalue weighted by Gasteiger charge is 2.24. The van der Waals surface area contributed by atoms with Crippen LogP contribution in [0, 0.1) is 13.8 Å². The molecule has 1 aromatic rings. The third kappa shape index (κ3) is 2.85. The molecule has 1 aliphatic heterocycles. The van der Waals surface area contributed by atoms with Gasteiger partial charge in [-0.25, -0.2) is 0 Å². The summed E-state index contributed by atoms with van der Waals surface area (Å²) >= 11 is 0. The number of nitrogens with zero attached hydrogens (tertiary/aromatic N) is 3. The molecule has 1 fully saturated rings. The predicted octanol–water partition coefficient (Wildman–Crippen LogP) is 0.483. The molecule has 0 radical (unpaired) electrons. The minimum absolute atomic E-state index is 0.106. The molecule has 2 rings (SSSR count). The van der Waals surface area contributed by atoms with Gasteiger partial charge in [-0.15, -0.1) is 0 Å². The van der Waals surface area contributed by atoms with E-state index in [2.05, 4.69) is 5.10 Å². The van der Waals surface area contributed by atoms with Gasteiger partial charge in [0.25, 0.3) is 0 Å². The number of rotatable bonds is 3. The molecule has 1 amide bonds. The predicted molar refractivity (Wildman–Crippen MR) is 63.5 cm³/mol. The molecule has 0 aliphatic carbocycles. The zero-order valence-corrected chi connectivity index (χ0v) is 10.4. The van der Waals surface area contributed by atoms with Gasteiger partial charge in [0.15, 0.2) is 0 Å². The van der Waals surface area contributed by atoms with Crippen molar-refractivity contribution >= 4 is 5.91 Å². The second-order valence-corrected chi connectivity index (χ2v) is 4.68. The zero-order chi connectivity index (χ0) is 12.4. The lowest BCUT2D eigenvalue weighted by molar-refractivity contribution is -0.130. The minimum Gasteiger partial charge on any atom is -0.391 e. The summed E-state index contributed by atoms with van der Waals surface area (Å²) in [6, 6.07) is 2.00. The Hall–Kier alpha value is -1.36. The molecular formula is C12H19N3O2. The van der Waals surface area contributed by atoms with Gasteiger partial charge in [0.1, 0.15) is 0 Å². The monoisotopic (exact) mass is 237 g/mol. The average molecular weight is 237 g/mol. The van der Waals surface area contributed by atoms with Gasteiger partial charge in [0.2, 0.25) is 5.91 Å². The first-order chi connectivity index (χ1) is 8.06. The van der Waals surface area contributed by atoms with Crippen LogP contribution in [0.4, 0.5) is 0 Å². The first kappa shape index (κ1) is 12.1. The highest BCUT2D eigenvalue weighted by Crippen LogP contribution is 2.11. The Bertz CT molecular complexity index is 414. The first-order valence-electron chi connectivity index (χ1n) is 6.03. The van der Waals surface area contributed by atoms with Crippen LogP contribution < -0.4 is 0 Å². The maximum atomic E-state index is 11.9. The van der Waals surface area contributed by atoms with Crippen molar-refractivity contribution in [3.8, 4) is 0 Å². The van der Waals surface area contributed by atoms with Crippen LogP contribution in [-0.2, 0) is 11.3 Å². The van der Waals surface area contributed by atoms with Gasteiger partial charge in [-0.05, 0) is 26.3 Å². The summed E-state index contributed by atoms with van der Waals surface area (Å²) in [6.07, 6.45) is 0.813. The lowest BCUT2D eigenvalue weighted by atomic mass is 10.3. The molecule has 0 saturated carbocycles. The van der Waals surface area contributed by atoms with Crippen molar-refractivity contribution < 1.29 is 9.90 Å². The van der Waals surface area contributed by atoms with Crippen molar-refractivity contribution in [2.45, 2.75) is 39.3 Å². The van der Waals surface area contributed by atoms with E-state index in [9.17, 15) is 9.90 Å². The fraction of sp³-hybridized carbons (Fsp3) is 0.667. The lowest BCUT2D eigenvalue weighted by Gasteiger charge is -2.15. The van der Waals surface area contributed by atoms with Crippen LogP contribution in [0.5, 0.6) is 0 Å². The standard InChI is InChI=1S/C12H19N3O2/c1-9-7-10(2)15(13-9)6-4-12(17)14-5-3-11(16)8-14/h7,11,16H,3-6,8H2,1-2H3/t11-/m0/s1. The van der Waals surface area contributed by atoms with Crippen molar-refractivity contribution in [2.75, 3.05) is 13.1 Å². The number of carbonyl (C=O) groups is 1. The summed E-state index contributed by atoms with van der Waals surface area (Å²) in [5.74, 6) is 0.106. The fourth-order valence-corrected chi connectivity index (χ4v) is 2.23. The van der Waals surface area contributed by atoms with Gasteiger partial charge in [0, 0.05) is 31.7 Å². The molecule has 0 spiro atoms. The zero-order valence-electron chi connectivity index (χ0n) is 10.4. The molecule has 17 heavy (non-hydrogen) atoms. The van der Waals surface area contributed by atoms with Crippen molar-refractivity contribution in [1.29, 1.82) is 0 Å². The Morgan fingerprint density at radius 1 is 1.59 bits per heavy atom. The van der Waals surface area contributed by atoms with Gasteiger partial charge < -0.3 is 10.0 Å². The van der Waals surface area contributed by atoms with Crippen LogP contribution in [0.3, 0.4) is 0 Å². The Kier molecular flexibility index (Phi) is 3.47. The van der Waals surface area contributed by atoms with E-state index in [1.165, 1.54) is 0 Å². The Balaban J connectivity index is 1.86. The number of aromatic nitrogens is 2. The number of aliphatic hydroxyl groups is 1. The number of hydrogen-bond acceptors (Lipinski definition) is 3. The number of hydrogen-bond donors (Lipinski definition) is 1. The number of amides is 1. The summed E-state index contributed by atoms with van der Waals surface area (Å²) in [6.45, 7) is 5.71. The molecule has 0 aromatic carbocycles. The van der Waals surface area contributed by atoms with E-state index in [-0.39, 0.29) is 12.0 Å². The lowest BCUT2D eigenvalue weighted by Crippen LogP contribution is -2.30. The van der Waals surface area contributed by atoms with Crippen molar-refractivity contribution in [1.82, 2.24) is 14.7 Å². The Labute approximate surface area is 101 Å². The maximum absolute atomic E-state index is 11.9. The van der Waals surface area contributed by atoms with E-state index < -0.39 is 0 Å². The molecule has 1 aliphatic rings. The van der Waals surface area contributed by atoms with Gasteiger partial charge in [-0.2, -0.15) is 5.10 Å². The third-order valence-corrected chi connectivity index (χ3v) is 3.16. The number of aliphatic hydroxyl groups excluding tert-OH is 1. The summed E-state index contributed by atoms with van der Waals surface area (Å²) in [7, 11) is 0.